The molecule has 110 valence electrons. The zero-order chi connectivity index (χ0) is 14.5. The summed E-state index contributed by atoms with van der Waals surface area (Å²) < 4.78 is 0. The SMILES string of the molecule is Cc1cc(C(=N)N)cc(N2CCCN(CCO)CC2)n1. The van der Waals surface area contributed by atoms with Crippen LogP contribution >= 0.6 is 0 Å². The molecule has 1 saturated heterocycles. The molecule has 1 fully saturated rings. The number of anilines is 1. The number of aryl methyl sites for hydroxylation is 1. The number of nitrogen functional groups attached to an aromatic ring is 1. The van der Waals surface area contributed by atoms with E-state index in [1.807, 2.05) is 19.1 Å². The summed E-state index contributed by atoms with van der Waals surface area (Å²) in [5.74, 6) is 0.967. The topological polar surface area (TPSA) is 89.5 Å². The van der Waals surface area contributed by atoms with Crippen molar-refractivity contribution in [3.05, 3.63) is 23.4 Å². The molecule has 2 rings (SSSR count). The molecular formula is C14H23N5O. The van der Waals surface area contributed by atoms with Gasteiger partial charge in [0.2, 0.25) is 0 Å². The molecule has 0 radical (unpaired) electrons. The Morgan fingerprint density at radius 2 is 2.15 bits per heavy atom. The second-order valence-electron chi connectivity index (χ2n) is 5.17. The zero-order valence-electron chi connectivity index (χ0n) is 12.0. The number of nitrogens with zero attached hydrogens (tertiary/aromatic N) is 3. The molecule has 20 heavy (non-hydrogen) atoms. The van der Waals surface area contributed by atoms with Crippen LogP contribution in [0, 0.1) is 12.3 Å². The molecule has 1 aromatic heterocycles. The molecule has 6 heteroatoms. The lowest BCUT2D eigenvalue weighted by Gasteiger charge is -2.23. The molecule has 1 aliphatic rings. The van der Waals surface area contributed by atoms with Crippen molar-refractivity contribution in [1.29, 1.82) is 5.41 Å². The number of β-amino-alcohol motifs (C(OH)–C–C–N with tert-alkyl or cyclic N) is 1. The first-order chi connectivity index (χ1) is 9.60. The van der Waals surface area contributed by atoms with Gasteiger partial charge < -0.3 is 15.7 Å². The van der Waals surface area contributed by atoms with Crippen molar-refractivity contribution in [2.75, 3.05) is 44.2 Å². The van der Waals surface area contributed by atoms with E-state index in [9.17, 15) is 0 Å². The van der Waals surface area contributed by atoms with E-state index in [1.165, 1.54) is 0 Å². The molecule has 6 nitrogen and oxygen atoms in total. The van der Waals surface area contributed by atoms with Crippen LogP contribution in [0.4, 0.5) is 5.82 Å². The van der Waals surface area contributed by atoms with Gasteiger partial charge in [0.25, 0.3) is 0 Å². The molecule has 0 amide bonds. The fourth-order valence-electron chi connectivity index (χ4n) is 2.53. The number of nitrogens with two attached hydrogens (primary N) is 1. The van der Waals surface area contributed by atoms with Crippen LogP contribution < -0.4 is 10.6 Å². The highest BCUT2D eigenvalue weighted by atomic mass is 16.3. The highest BCUT2D eigenvalue weighted by Crippen LogP contribution is 2.17. The van der Waals surface area contributed by atoms with E-state index < -0.39 is 0 Å². The Bertz CT molecular complexity index is 477. The lowest BCUT2D eigenvalue weighted by atomic mass is 10.2. The van der Waals surface area contributed by atoms with Gasteiger partial charge in [0.05, 0.1) is 6.61 Å². The van der Waals surface area contributed by atoms with Gasteiger partial charge in [-0.2, -0.15) is 0 Å². The number of pyridine rings is 1. The molecule has 1 aromatic rings. The summed E-state index contributed by atoms with van der Waals surface area (Å²) in [6.45, 7) is 6.61. The number of amidine groups is 1. The van der Waals surface area contributed by atoms with Crippen molar-refractivity contribution in [3.8, 4) is 0 Å². The summed E-state index contributed by atoms with van der Waals surface area (Å²) in [4.78, 5) is 9.06. The van der Waals surface area contributed by atoms with Crippen LogP contribution in [0.3, 0.4) is 0 Å². The summed E-state index contributed by atoms with van der Waals surface area (Å²) in [7, 11) is 0. The van der Waals surface area contributed by atoms with Crippen molar-refractivity contribution < 1.29 is 5.11 Å². The van der Waals surface area contributed by atoms with Gasteiger partial charge in [-0.15, -0.1) is 0 Å². The smallest absolute Gasteiger partial charge is 0.129 e. The van der Waals surface area contributed by atoms with Gasteiger partial charge in [0, 0.05) is 37.4 Å². The molecule has 2 heterocycles. The van der Waals surface area contributed by atoms with Gasteiger partial charge >= 0.3 is 0 Å². The number of hydrogen-bond acceptors (Lipinski definition) is 5. The molecule has 0 unspecified atom stereocenters. The Labute approximate surface area is 119 Å². The molecule has 0 atom stereocenters. The minimum absolute atomic E-state index is 0.0773. The van der Waals surface area contributed by atoms with Crippen LogP contribution in [0.25, 0.3) is 0 Å². The number of nitrogens with one attached hydrogen (secondary N) is 1. The van der Waals surface area contributed by atoms with E-state index in [0.29, 0.717) is 0 Å². The Hall–Kier alpha value is -1.66. The third kappa shape index (κ3) is 3.68. The first kappa shape index (κ1) is 14.7. The number of aliphatic hydroxyl groups excluding tert-OH is 1. The van der Waals surface area contributed by atoms with Crippen molar-refractivity contribution in [2.24, 2.45) is 5.73 Å². The maximum Gasteiger partial charge on any atom is 0.129 e. The van der Waals surface area contributed by atoms with Crippen molar-refractivity contribution in [3.63, 3.8) is 0 Å². The highest BCUT2D eigenvalue weighted by molar-refractivity contribution is 5.95. The van der Waals surface area contributed by atoms with Crippen molar-refractivity contribution >= 4 is 11.7 Å². The molecule has 1 aliphatic heterocycles. The molecule has 0 aromatic carbocycles. The summed E-state index contributed by atoms with van der Waals surface area (Å²) in [6, 6.07) is 3.72. The molecule has 0 spiro atoms. The molecular weight excluding hydrogens is 254 g/mol. The van der Waals surface area contributed by atoms with Crippen LogP contribution in [-0.4, -0.2) is 60.2 Å². The van der Waals surface area contributed by atoms with E-state index in [0.717, 1.165) is 56.2 Å². The van der Waals surface area contributed by atoms with Crippen molar-refractivity contribution in [1.82, 2.24) is 9.88 Å². The Morgan fingerprint density at radius 1 is 1.35 bits per heavy atom. The Kier molecular flexibility index (Phi) is 4.92. The van der Waals surface area contributed by atoms with Crippen LogP contribution in [0.1, 0.15) is 17.7 Å². The normalized spacial score (nSPS) is 17.0. The van der Waals surface area contributed by atoms with Gasteiger partial charge in [-0.25, -0.2) is 4.98 Å². The van der Waals surface area contributed by atoms with E-state index in [1.54, 1.807) is 0 Å². The second kappa shape index (κ2) is 6.67. The lowest BCUT2D eigenvalue weighted by molar-refractivity contribution is 0.204. The predicted octanol–water partition coefficient (Wildman–Crippen LogP) is 0.178. The van der Waals surface area contributed by atoms with Gasteiger partial charge in [0.15, 0.2) is 0 Å². The summed E-state index contributed by atoms with van der Waals surface area (Å²) >= 11 is 0. The second-order valence-corrected chi connectivity index (χ2v) is 5.17. The zero-order valence-corrected chi connectivity index (χ0v) is 12.0. The predicted molar refractivity (Wildman–Crippen MR) is 80.3 cm³/mol. The molecule has 0 bridgehead atoms. The highest BCUT2D eigenvalue weighted by Gasteiger charge is 2.16. The Morgan fingerprint density at radius 3 is 2.85 bits per heavy atom. The molecule has 4 N–H and O–H groups in total. The maximum absolute atomic E-state index is 9.02. The van der Waals surface area contributed by atoms with Crippen molar-refractivity contribution in [2.45, 2.75) is 13.3 Å². The largest absolute Gasteiger partial charge is 0.395 e. The average molecular weight is 277 g/mol. The fourth-order valence-corrected chi connectivity index (χ4v) is 2.53. The average Bonchev–Trinajstić information content (AvgIpc) is 2.64. The third-order valence-corrected chi connectivity index (χ3v) is 3.58. The lowest BCUT2D eigenvalue weighted by Crippen LogP contribution is -2.33. The molecule has 0 saturated carbocycles. The van der Waals surface area contributed by atoms with Crippen LogP contribution in [-0.2, 0) is 0 Å². The summed E-state index contributed by atoms with van der Waals surface area (Å²) in [6.07, 6.45) is 1.05. The number of hydrogen-bond donors (Lipinski definition) is 3. The first-order valence-electron chi connectivity index (χ1n) is 7.01. The van der Waals surface area contributed by atoms with Gasteiger partial charge in [-0.3, -0.25) is 10.3 Å². The van der Waals surface area contributed by atoms with Crippen LogP contribution in [0.2, 0.25) is 0 Å². The number of aromatic nitrogens is 1. The standard InChI is InChI=1S/C14H23N5O/c1-11-9-12(14(15)16)10-13(17-11)19-4-2-3-18(5-6-19)7-8-20/h9-10,20H,2-8H2,1H3,(H3,15,16). The minimum atomic E-state index is 0.0773. The summed E-state index contributed by atoms with van der Waals surface area (Å²) in [5.41, 5.74) is 7.18. The molecule has 0 aliphatic carbocycles. The van der Waals surface area contributed by atoms with Crippen LogP contribution in [0.15, 0.2) is 12.1 Å². The van der Waals surface area contributed by atoms with Gasteiger partial charge in [-0.05, 0) is 32.0 Å². The fraction of sp³-hybridized carbons (Fsp3) is 0.571. The quantitative estimate of drug-likeness (QED) is 0.539. The first-order valence-corrected chi connectivity index (χ1v) is 7.01. The third-order valence-electron chi connectivity index (χ3n) is 3.58. The van der Waals surface area contributed by atoms with E-state index >= 15 is 0 Å². The van der Waals surface area contributed by atoms with E-state index in [4.69, 9.17) is 16.2 Å². The van der Waals surface area contributed by atoms with E-state index in [2.05, 4.69) is 14.8 Å². The summed E-state index contributed by atoms with van der Waals surface area (Å²) in [5, 5.41) is 16.6. The maximum atomic E-state index is 9.02. The minimum Gasteiger partial charge on any atom is -0.395 e. The van der Waals surface area contributed by atoms with E-state index in [-0.39, 0.29) is 12.4 Å². The van der Waals surface area contributed by atoms with Gasteiger partial charge in [0.1, 0.15) is 11.7 Å². The monoisotopic (exact) mass is 277 g/mol. The number of aliphatic hydroxyl groups is 1. The van der Waals surface area contributed by atoms with Gasteiger partial charge in [-0.1, -0.05) is 0 Å². The number of rotatable bonds is 4. The van der Waals surface area contributed by atoms with Crippen LogP contribution in [0.5, 0.6) is 0 Å². The Balaban J connectivity index is 2.13.